The van der Waals surface area contributed by atoms with Gasteiger partial charge in [0.1, 0.15) is 19.3 Å². The quantitative estimate of drug-likeness (QED) is 0.0222. The molecule has 0 bridgehead atoms. The summed E-state index contributed by atoms with van der Waals surface area (Å²) in [5, 5.41) is 10.6. The molecule has 564 valence electrons. The van der Waals surface area contributed by atoms with Crippen LogP contribution in [0.3, 0.4) is 0 Å². The first kappa shape index (κ1) is 93.1. The van der Waals surface area contributed by atoms with Crippen LogP contribution in [0.25, 0.3) is 0 Å². The number of carbonyl (C=O) groups is 4. The highest BCUT2D eigenvalue weighted by Gasteiger charge is 2.30. The number of phosphoric ester groups is 2. The number of hydrogen-bond donors (Lipinski definition) is 3. The van der Waals surface area contributed by atoms with Crippen LogP contribution < -0.4 is 0 Å². The van der Waals surface area contributed by atoms with Crippen molar-refractivity contribution in [3.8, 4) is 0 Å². The fourth-order valence-electron chi connectivity index (χ4n) is 11.7. The molecule has 19 heteroatoms. The second-order valence-electron chi connectivity index (χ2n) is 27.6. The number of carbonyl (C=O) groups excluding carboxylic acids is 4. The van der Waals surface area contributed by atoms with Gasteiger partial charge in [0.05, 0.1) is 26.4 Å². The minimum atomic E-state index is -4.96. The molecule has 0 saturated carbocycles. The summed E-state index contributed by atoms with van der Waals surface area (Å²) in [6.07, 6.45) is 58.1. The van der Waals surface area contributed by atoms with Crippen LogP contribution in [0.2, 0.25) is 0 Å². The van der Waals surface area contributed by atoms with Gasteiger partial charge < -0.3 is 33.8 Å². The zero-order valence-corrected chi connectivity index (χ0v) is 63.6. The van der Waals surface area contributed by atoms with Crippen molar-refractivity contribution in [2.24, 2.45) is 5.92 Å². The third-order valence-corrected chi connectivity index (χ3v) is 20.0. The Morgan fingerprint density at radius 3 is 0.747 bits per heavy atom. The van der Waals surface area contributed by atoms with Crippen molar-refractivity contribution < 1.29 is 80.2 Å². The lowest BCUT2D eigenvalue weighted by atomic mass is 9.99. The van der Waals surface area contributed by atoms with Crippen molar-refractivity contribution in [3.05, 3.63) is 0 Å². The number of esters is 4. The van der Waals surface area contributed by atoms with E-state index < -0.39 is 97.5 Å². The van der Waals surface area contributed by atoms with E-state index in [0.717, 1.165) is 95.8 Å². The van der Waals surface area contributed by atoms with E-state index in [-0.39, 0.29) is 25.7 Å². The number of aliphatic hydroxyl groups is 1. The van der Waals surface area contributed by atoms with Gasteiger partial charge in [-0.1, -0.05) is 349 Å². The molecule has 3 N–H and O–H groups in total. The molecule has 0 fully saturated rings. The van der Waals surface area contributed by atoms with Crippen molar-refractivity contribution in [1.29, 1.82) is 0 Å². The maximum atomic E-state index is 13.1. The van der Waals surface area contributed by atoms with Gasteiger partial charge in [-0.2, -0.15) is 0 Å². The summed E-state index contributed by atoms with van der Waals surface area (Å²) in [5.41, 5.74) is 0. The van der Waals surface area contributed by atoms with E-state index in [2.05, 4.69) is 34.6 Å². The van der Waals surface area contributed by atoms with Crippen LogP contribution in [0.1, 0.15) is 401 Å². The van der Waals surface area contributed by atoms with Gasteiger partial charge in [-0.05, 0) is 31.6 Å². The second-order valence-corrected chi connectivity index (χ2v) is 30.5. The minimum Gasteiger partial charge on any atom is -0.462 e. The molecule has 0 saturated heterocycles. The summed E-state index contributed by atoms with van der Waals surface area (Å²) in [6.45, 7) is 7.29. The van der Waals surface area contributed by atoms with Gasteiger partial charge in [-0.3, -0.25) is 37.3 Å². The molecule has 0 rings (SSSR count). The SMILES string of the molecule is CCCCCCCCCCCCCCCCCCCCCC(=O)O[C@H](COC(=O)CCCCCCCCCCCCCCC)COP(=O)(O)OC[C@@H](O)COP(=O)(O)OC[C@@H](COC(=O)CCCCCCCCCCCCC)OC(=O)CCCCCCCCCCC(C)CC. The third kappa shape index (κ3) is 69.0. The number of aliphatic hydroxyl groups excluding tert-OH is 1. The first-order chi connectivity index (χ1) is 46.1. The van der Waals surface area contributed by atoms with Gasteiger partial charge in [0.25, 0.3) is 0 Å². The molecule has 0 aromatic heterocycles. The van der Waals surface area contributed by atoms with Crippen molar-refractivity contribution in [2.45, 2.75) is 419 Å². The zero-order valence-electron chi connectivity index (χ0n) is 61.8. The minimum absolute atomic E-state index is 0.106. The van der Waals surface area contributed by atoms with E-state index in [1.165, 1.54) is 225 Å². The summed E-state index contributed by atoms with van der Waals surface area (Å²) >= 11 is 0. The van der Waals surface area contributed by atoms with E-state index in [1.807, 2.05) is 0 Å². The smallest absolute Gasteiger partial charge is 0.462 e. The van der Waals surface area contributed by atoms with Crippen molar-refractivity contribution in [2.75, 3.05) is 39.6 Å². The second kappa shape index (κ2) is 69.2. The molecule has 6 atom stereocenters. The van der Waals surface area contributed by atoms with Crippen LogP contribution in [0, 0.1) is 5.92 Å². The zero-order chi connectivity index (χ0) is 69.8. The van der Waals surface area contributed by atoms with E-state index in [9.17, 15) is 43.2 Å². The highest BCUT2D eigenvalue weighted by molar-refractivity contribution is 7.47. The molecule has 17 nitrogen and oxygen atoms in total. The normalized spacial score (nSPS) is 14.2. The Labute approximate surface area is 581 Å². The van der Waals surface area contributed by atoms with Crippen molar-refractivity contribution in [1.82, 2.24) is 0 Å². The number of ether oxygens (including phenoxy) is 4. The van der Waals surface area contributed by atoms with Crippen molar-refractivity contribution >= 4 is 39.5 Å². The Balaban J connectivity index is 5.23. The standard InChI is InChI=1S/C76H148O17P2/c1-6-10-13-16-19-22-25-27-28-29-30-31-32-34-37-40-46-51-56-61-75(80)92-71(65-87-74(79)60-55-50-45-39-36-33-26-23-20-17-14-11-7-2)67-90-94(82,83)88-63-70(77)64-89-95(84,85)91-68-72(66-86-73(78)59-54-49-44-38-35-24-21-18-15-12-8-3)93-76(81)62-57-52-47-42-41-43-48-53-58-69(5)9-4/h69-72,77H,6-68H2,1-5H3,(H,82,83)(H,84,85)/t69?,70-,71-,72-/m1/s1. The molecule has 0 amide bonds. The van der Waals surface area contributed by atoms with Gasteiger partial charge >= 0.3 is 39.5 Å². The fourth-order valence-corrected chi connectivity index (χ4v) is 13.3. The maximum Gasteiger partial charge on any atom is 0.472 e. The van der Waals surface area contributed by atoms with E-state index in [0.29, 0.717) is 25.7 Å². The summed E-state index contributed by atoms with van der Waals surface area (Å²) in [5.74, 6) is -1.34. The first-order valence-electron chi connectivity index (χ1n) is 39.7. The number of unbranched alkanes of at least 4 members (excludes halogenated alkanes) is 47. The molecule has 3 unspecified atom stereocenters. The largest absolute Gasteiger partial charge is 0.472 e. The average molecular weight is 1400 g/mol. The van der Waals surface area contributed by atoms with Crippen LogP contribution in [-0.2, 0) is 65.4 Å². The topological polar surface area (TPSA) is 237 Å². The van der Waals surface area contributed by atoms with Crippen LogP contribution in [0.4, 0.5) is 0 Å². The molecule has 0 aromatic rings. The molecule has 0 aliphatic heterocycles. The highest BCUT2D eigenvalue weighted by Crippen LogP contribution is 2.45. The van der Waals surface area contributed by atoms with Gasteiger partial charge in [0.2, 0.25) is 0 Å². The number of phosphoric acid groups is 2. The predicted molar refractivity (Wildman–Crippen MR) is 386 cm³/mol. The van der Waals surface area contributed by atoms with E-state index in [4.69, 9.17) is 37.0 Å². The Bertz CT molecular complexity index is 1820. The molecule has 0 radical (unpaired) electrons. The molecule has 0 aliphatic carbocycles. The van der Waals surface area contributed by atoms with Gasteiger partial charge in [0.15, 0.2) is 12.2 Å². The van der Waals surface area contributed by atoms with Crippen LogP contribution in [0.15, 0.2) is 0 Å². The van der Waals surface area contributed by atoms with Gasteiger partial charge in [-0.25, -0.2) is 9.13 Å². The Hall–Kier alpha value is -1.94. The Morgan fingerprint density at radius 2 is 0.505 bits per heavy atom. The van der Waals surface area contributed by atoms with Crippen LogP contribution >= 0.6 is 15.6 Å². The molecule has 0 spiro atoms. The van der Waals surface area contributed by atoms with Gasteiger partial charge in [-0.15, -0.1) is 0 Å². The highest BCUT2D eigenvalue weighted by atomic mass is 31.2. The molecule has 95 heavy (non-hydrogen) atoms. The molecular formula is C76H148O17P2. The number of hydrogen-bond acceptors (Lipinski definition) is 15. The lowest BCUT2D eigenvalue weighted by Crippen LogP contribution is -2.30. The summed E-state index contributed by atoms with van der Waals surface area (Å²) < 4.78 is 68.5. The lowest BCUT2D eigenvalue weighted by Gasteiger charge is -2.21. The van der Waals surface area contributed by atoms with E-state index >= 15 is 0 Å². The monoisotopic (exact) mass is 1400 g/mol. The first-order valence-corrected chi connectivity index (χ1v) is 42.7. The van der Waals surface area contributed by atoms with Crippen LogP contribution in [0.5, 0.6) is 0 Å². The van der Waals surface area contributed by atoms with Crippen LogP contribution in [-0.4, -0.2) is 96.7 Å². The summed E-state index contributed by atoms with van der Waals surface area (Å²) in [7, 11) is -9.91. The maximum absolute atomic E-state index is 13.1. The summed E-state index contributed by atoms with van der Waals surface area (Å²) in [4.78, 5) is 72.8. The van der Waals surface area contributed by atoms with E-state index in [1.54, 1.807) is 0 Å². The molecule has 0 heterocycles. The number of rotatable bonds is 76. The Morgan fingerprint density at radius 1 is 0.295 bits per heavy atom. The Kier molecular flexibility index (Phi) is 67.7. The fraction of sp³-hybridized carbons (Fsp3) is 0.947. The van der Waals surface area contributed by atoms with Crippen molar-refractivity contribution in [3.63, 3.8) is 0 Å². The molecule has 0 aliphatic rings. The summed E-state index contributed by atoms with van der Waals surface area (Å²) in [6, 6.07) is 0. The van der Waals surface area contributed by atoms with Gasteiger partial charge in [0, 0.05) is 25.7 Å². The molecular weight excluding hydrogens is 1250 g/mol. The predicted octanol–water partition coefficient (Wildman–Crippen LogP) is 22.5. The molecule has 0 aromatic carbocycles. The average Bonchev–Trinajstić information content (AvgIpc) is 1.89. The lowest BCUT2D eigenvalue weighted by molar-refractivity contribution is -0.161. The third-order valence-electron chi connectivity index (χ3n) is 18.1.